The lowest BCUT2D eigenvalue weighted by atomic mass is 9.76. The average Bonchev–Trinajstić information content (AvgIpc) is 3.81. The van der Waals surface area contributed by atoms with Gasteiger partial charge in [-0.25, -0.2) is 0 Å². The molecule has 1 fully saturated rings. The van der Waals surface area contributed by atoms with Crippen molar-refractivity contribution in [3.63, 3.8) is 0 Å². The number of benzene rings is 6. The van der Waals surface area contributed by atoms with Gasteiger partial charge in [0.1, 0.15) is 22.3 Å². The van der Waals surface area contributed by atoms with E-state index in [-0.39, 0.29) is 0 Å². The fourth-order valence-electron chi connectivity index (χ4n) is 7.55. The molecule has 3 aromatic heterocycles. The van der Waals surface area contributed by atoms with Gasteiger partial charge < -0.3 is 22.7 Å². The van der Waals surface area contributed by atoms with Crippen LogP contribution in [0.15, 0.2) is 130 Å². The Morgan fingerprint density at radius 1 is 0.479 bits per heavy atom. The molecular weight excluding hydrogens is 593 g/mol. The lowest BCUT2D eigenvalue weighted by molar-refractivity contribution is 0.00578. The molecular formula is C42H32BNO4. The topological polar surface area (TPSA) is 49.7 Å². The minimum Gasteiger partial charge on any atom is -0.456 e. The summed E-state index contributed by atoms with van der Waals surface area (Å²) in [6.45, 7) is 8.35. The number of furan rings is 2. The van der Waals surface area contributed by atoms with Crippen molar-refractivity contribution in [3.8, 4) is 16.8 Å². The molecule has 0 radical (unpaired) electrons. The van der Waals surface area contributed by atoms with Crippen LogP contribution in [-0.4, -0.2) is 22.9 Å². The van der Waals surface area contributed by atoms with Crippen LogP contribution in [0.3, 0.4) is 0 Å². The Balaban J connectivity index is 1.16. The highest BCUT2D eigenvalue weighted by atomic mass is 16.7. The summed E-state index contributed by atoms with van der Waals surface area (Å²) >= 11 is 0. The van der Waals surface area contributed by atoms with Crippen molar-refractivity contribution in [1.29, 1.82) is 0 Å². The van der Waals surface area contributed by atoms with E-state index in [4.69, 9.17) is 18.1 Å². The molecule has 48 heavy (non-hydrogen) atoms. The number of para-hydroxylation sites is 2. The average molecular weight is 626 g/mol. The molecule has 4 heterocycles. The first-order valence-corrected chi connectivity index (χ1v) is 16.5. The van der Waals surface area contributed by atoms with E-state index >= 15 is 0 Å². The van der Waals surface area contributed by atoms with Gasteiger partial charge in [-0.15, -0.1) is 0 Å². The Hall–Kier alpha value is -5.30. The quantitative estimate of drug-likeness (QED) is 0.183. The molecule has 0 spiro atoms. The molecule has 0 aliphatic carbocycles. The Labute approximate surface area is 277 Å². The molecule has 6 heteroatoms. The molecule has 9 aromatic rings. The van der Waals surface area contributed by atoms with Gasteiger partial charge in [-0.1, -0.05) is 66.7 Å². The zero-order chi connectivity index (χ0) is 32.4. The highest BCUT2D eigenvalue weighted by molar-refractivity contribution is 6.66. The van der Waals surface area contributed by atoms with Crippen LogP contribution in [0.1, 0.15) is 27.7 Å². The van der Waals surface area contributed by atoms with E-state index in [0.717, 1.165) is 77.2 Å². The van der Waals surface area contributed by atoms with Crippen molar-refractivity contribution in [3.05, 3.63) is 121 Å². The van der Waals surface area contributed by atoms with Crippen molar-refractivity contribution >= 4 is 78.3 Å². The first-order valence-electron chi connectivity index (χ1n) is 16.5. The van der Waals surface area contributed by atoms with Gasteiger partial charge in [0.2, 0.25) is 0 Å². The van der Waals surface area contributed by atoms with Gasteiger partial charge >= 0.3 is 7.12 Å². The van der Waals surface area contributed by atoms with Crippen LogP contribution < -0.4 is 5.46 Å². The molecule has 1 aliphatic heterocycles. The summed E-state index contributed by atoms with van der Waals surface area (Å²) in [6, 6.07) is 42.7. The lowest BCUT2D eigenvalue weighted by Gasteiger charge is -2.32. The van der Waals surface area contributed by atoms with Crippen LogP contribution in [0.4, 0.5) is 0 Å². The SMILES string of the molecule is CC1(C)OB(c2cccc3oc4ccc(-c5ccc6c(c5)c5ccccc5n6-c5cccc6oc7ccccc7c56)cc4c23)OC1(C)C. The van der Waals surface area contributed by atoms with Gasteiger partial charge in [0, 0.05) is 26.9 Å². The normalized spacial score (nSPS) is 16.0. The van der Waals surface area contributed by atoms with Crippen molar-refractivity contribution in [2.24, 2.45) is 0 Å². The molecule has 10 rings (SSSR count). The Kier molecular flexibility index (Phi) is 5.57. The molecule has 5 nitrogen and oxygen atoms in total. The largest absolute Gasteiger partial charge is 0.495 e. The van der Waals surface area contributed by atoms with Crippen LogP contribution >= 0.6 is 0 Å². The maximum Gasteiger partial charge on any atom is 0.495 e. The standard InChI is InChI=1S/C42H32BNO4/c1-41(2)42(3,4)48-43(47-41)31-13-9-17-37-39(31)30-24-26(20-22-36(30)46-37)25-19-21-33-29(23-25)27-11-5-7-14-32(27)44(33)34-15-10-18-38-40(34)28-12-6-8-16-35(28)45-38/h5-24H,1-4H3. The predicted molar refractivity (Wildman–Crippen MR) is 196 cm³/mol. The number of rotatable bonds is 3. The van der Waals surface area contributed by atoms with E-state index in [9.17, 15) is 0 Å². The molecule has 0 N–H and O–H groups in total. The molecule has 0 saturated carbocycles. The molecule has 232 valence electrons. The first kappa shape index (κ1) is 27.8. The van der Waals surface area contributed by atoms with Crippen molar-refractivity contribution in [2.45, 2.75) is 38.9 Å². The van der Waals surface area contributed by atoms with E-state index in [1.54, 1.807) is 0 Å². The van der Waals surface area contributed by atoms with E-state index in [1.807, 2.05) is 24.3 Å². The zero-order valence-corrected chi connectivity index (χ0v) is 27.2. The summed E-state index contributed by atoms with van der Waals surface area (Å²) in [5.41, 5.74) is 9.25. The number of hydrogen-bond acceptors (Lipinski definition) is 4. The van der Waals surface area contributed by atoms with E-state index in [1.165, 1.54) is 10.8 Å². The second-order valence-corrected chi connectivity index (χ2v) is 14.0. The summed E-state index contributed by atoms with van der Waals surface area (Å²) in [5.74, 6) is 0. The smallest absolute Gasteiger partial charge is 0.456 e. The van der Waals surface area contributed by atoms with E-state index in [2.05, 4.69) is 129 Å². The van der Waals surface area contributed by atoms with Crippen molar-refractivity contribution in [2.75, 3.05) is 0 Å². The molecule has 0 atom stereocenters. The van der Waals surface area contributed by atoms with Gasteiger partial charge in [-0.3, -0.25) is 0 Å². The zero-order valence-electron chi connectivity index (χ0n) is 27.2. The van der Waals surface area contributed by atoms with E-state index < -0.39 is 18.3 Å². The number of nitrogens with zero attached hydrogens (tertiary/aromatic N) is 1. The third-order valence-corrected chi connectivity index (χ3v) is 10.7. The van der Waals surface area contributed by atoms with Crippen molar-refractivity contribution in [1.82, 2.24) is 4.57 Å². The predicted octanol–water partition coefficient (Wildman–Crippen LogP) is 10.5. The van der Waals surface area contributed by atoms with Gasteiger partial charge in [-0.05, 0) is 98.9 Å². The van der Waals surface area contributed by atoms with Gasteiger partial charge in [0.25, 0.3) is 0 Å². The minimum atomic E-state index is -0.484. The van der Waals surface area contributed by atoms with Gasteiger partial charge in [-0.2, -0.15) is 0 Å². The summed E-state index contributed by atoms with van der Waals surface area (Å²) < 4.78 is 28.0. The Morgan fingerprint density at radius 3 is 1.85 bits per heavy atom. The molecule has 6 aromatic carbocycles. The maximum absolute atomic E-state index is 6.49. The summed E-state index contributed by atoms with van der Waals surface area (Å²) in [7, 11) is -0.484. The monoisotopic (exact) mass is 625 g/mol. The highest BCUT2D eigenvalue weighted by Crippen LogP contribution is 2.41. The lowest BCUT2D eigenvalue weighted by Crippen LogP contribution is -2.41. The third kappa shape index (κ3) is 3.81. The summed E-state index contributed by atoms with van der Waals surface area (Å²) in [4.78, 5) is 0. The van der Waals surface area contributed by atoms with Crippen LogP contribution in [0.2, 0.25) is 0 Å². The molecule has 0 unspecified atom stereocenters. The molecule has 1 saturated heterocycles. The molecule has 1 aliphatic rings. The second kappa shape index (κ2) is 9.63. The number of aromatic nitrogens is 1. The van der Waals surface area contributed by atoms with E-state index in [0.29, 0.717) is 0 Å². The third-order valence-electron chi connectivity index (χ3n) is 10.7. The van der Waals surface area contributed by atoms with Crippen LogP contribution in [0.5, 0.6) is 0 Å². The fraction of sp³-hybridized carbons (Fsp3) is 0.143. The van der Waals surface area contributed by atoms with Gasteiger partial charge in [0.15, 0.2) is 0 Å². The summed E-state index contributed by atoms with van der Waals surface area (Å²) in [6.07, 6.45) is 0. The second-order valence-electron chi connectivity index (χ2n) is 14.0. The summed E-state index contributed by atoms with van der Waals surface area (Å²) in [5, 5.41) is 6.72. The Bertz CT molecular complexity index is 2750. The minimum absolute atomic E-state index is 0.435. The van der Waals surface area contributed by atoms with Crippen molar-refractivity contribution < 1.29 is 18.1 Å². The Morgan fingerprint density at radius 2 is 1.06 bits per heavy atom. The number of hydrogen-bond donors (Lipinski definition) is 0. The number of fused-ring (bicyclic) bond motifs is 9. The molecule has 0 bridgehead atoms. The van der Waals surface area contributed by atoms with Crippen LogP contribution in [-0.2, 0) is 9.31 Å². The maximum atomic E-state index is 6.49. The fourth-order valence-corrected chi connectivity index (χ4v) is 7.55. The molecule has 0 amide bonds. The first-order chi connectivity index (χ1) is 23.3. The van der Waals surface area contributed by atoms with Gasteiger partial charge in [0.05, 0.1) is 33.3 Å². The van der Waals surface area contributed by atoms with Crippen LogP contribution in [0, 0.1) is 0 Å². The highest BCUT2D eigenvalue weighted by Gasteiger charge is 2.52. The van der Waals surface area contributed by atoms with Crippen LogP contribution in [0.25, 0.3) is 82.5 Å².